The number of rotatable bonds is 6. The minimum absolute atomic E-state index is 0.0745. The van der Waals surface area contributed by atoms with Crippen LogP contribution in [0.15, 0.2) is 48.5 Å². The Bertz CT molecular complexity index is 948. The first kappa shape index (κ1) is 20.4. The fourth-order valence-electron chi connectivity index (χ4n) is 2.96. The highest BCUT2D eigenvalue weighted by molar-refractivity contribution is 7.89. The van der Waals surface area contributed by atoms with Crippen LogP contribution in [0, 0.1) is 0 Å². The third-order valence-electron chi connectivity index (χ3n) is 4.51. The smallest absolute Gasteiger partial charge is 0.331 e. The number of amides is 1. The van der Waals surface area contributed by atoms with E-state index >= 15 is 0 Å². The lowest BCUT2D eigenvalue weighted by molar-refractivity contribution is -0.137. The van der Waals surface area contributed by atoms with Gasteiger partial charge in [0.25, 0.3) is 5.91 Å². The maximum absolute atomic E-state index is 12.9. The van der Waals surface area contributed by atoms with Crippen LogP contribution in [0.4, 0.5) is 13.2 Å². The molecule has 1 aliphatic carbocycles. The van der Waals surface area contributed by atoms with Gasteiger partial charge in [-0.25, -0.2) is 8.42 Å². The van der Waals surface area contributed by atoms with Crippen molar-refractivity contribution in [3.63, 3.8) is 0 Å². The van der Waals surface area contributed by atoms with Crippen LogP contribution in [0.5, 0.6) is 0 Å². The van der Waals surface area contributed by atoms with Gasteiger partial charge in [-0.3, -0.25) is 4.79 Å². The molecule has 28 heavy (non-hydrogen) atoms. The minimum Gasteiger partial charge on any atom is -0.331 e. The Labute approximate surface area is 161 Å². The van der Waals surface area contributed by atoms with Gasteiger partial charge in [-0.2, -0.15) is 13.2 Å². The van der Waals surface area contributed by atoms with E-state index in [0.29, 0.717) is 16.7 Å². The second-order valence-electron chi connectivity index (χ2n) is 7.13. The van der Waals surface area contributed by atoms with E-state index in [0.717, 1.165) is 31.2 Å². The number of hydrogen-bond acceptors (Lipinski definition) is 3. The molecule has 0 saturated heterocycles. The second kappa shape index (κ2) is 7.58. The number of benzene rings is 2. The number of nitrogens with zero attached hydrogens (tertiary/aromatic N) is 1. The summed E-state index contributed by atoms with van der Waals surface area (Å²) < 4.78 is 60.8. The van der Waals surface area contributed by atoms with Crippen molar-refractivity contribution in [3.05, 3.63) is 70.8 Å². The van der Waals surface area contributed by atoms with E-state index in [1.54, 1.807) is 29.2 Å². The SMILES string of the molecule is CS(=O)(=O)Cc1ccc(C(=O)N(Cc2ccc(C(F)(F)F)cc2)C2CC2)cc1. The number of hydrogen-bond donors (Lipinski definition) is 0. The summed E-state index contributed by atoms with van der Waals surface area (Å²) in [7, 11) is -3.16. The van der Waals surface area contributed by atoms with Crippen molar-refractivity contribution < 1.29 is 26.4 Å². The van der Waals surface area contributed by atoms with Gasteiger partial charge < -0.3 is 4.90 Å². The van der Waals surface area contributed by atoms with Crippen LogP contribution in [-0.2, 0) is 28.3 Å². The van der Waals surface area contributed by atoms with Crippen molar-refractivity contribution >= 4 is 15.7 Å². The van der Waals surface area contributed by atoms with E-state index in [-0.39, 0.29) is 24.2 Å². The Hall–Kier alpha value is -2.35. The van der Waals surface area contributed by atoms with Crippen LogP contribution in [0.25, 0.3) is 0 Å². The first-order chi connectivity index (χ1) is 13.0. The fourth-order valence-corrected chi connectivity index (χ4v) is 3.76. The molecule has 0 atom stereocenters. The summed E-state index contributed by atoms with van der Waals surface area (Å²) in [5, 5.41) is 0. The van der Waals surface area contributed by atoms with E-state index in [4.69, 9.17) is 0 Å². The summed E-state index contributed by atoms with van der Waals surface area (Å²) in [6, 6.07) is 11.3. The number of alkyl halides is 3. The normalized spacial score (nSPS) is 14.7. The third kappa shape index (κ3) is 5.34. The zero-order valence-corrected chi connectivity index (χ0v) is 16.1. The maximum Gasteiger partial charge on any atom is 0.416 e. The lowest BCUT2D eigenvalue weighted by Crippen LogP contribution is -2.32. The Kier molecular flexibility index (Phi) is 5.52. The first-order valence-electron chi connectivity index (χ1n) is 8.77. The molecule has 0 aromatic heterocycles. The Balaban J connectivity index is 1.74. The largest absolute Gasteiger partial charge is 0.416 e. The molecule has 2 aromatic carbocycles. The van der Waals surface area contributed by atoms with Gasteiger partial charge in [0, 0.05) is 24.4 Å². The molecule has 0 spiro atoms. The van der Waals surface area contributed by atoms with Gasteiger partial charge in [0.1, 0.15) is 0 Å². The molecule has 4 nitrogen and oxygen atoms in total. The quantitative estimate of drug-likeness (QED) is 0.721. The highest BCUT2D eigenvalue weighted by Crippen LogP contribution is 2.32. The monoisotopic (exact) mass is 411 g/mol. The van der Waals surface area contributed by atoms with Gasteiger partial charge in [0.15, 0.2) is 9.84 Å². The molecule has 1 saturated carbocycles. The Morgan fingerprint density at radius 3 is 2.00 bits per heavy atom. The van der Waals surface area contributed by atoms with Crippen LogP contribution in [0.3, 0.4) is 0 Å². The third-order valence-corrected chi connectivity index (χ3v) is 5.37. The van der Waals surface area contributed by atoms with Gasteiger partial charge in [-0.1, -0.05) is 24.3 Å². The van der Waals surface area contributed by atoms with Crippen molar-refractivity contribution in [2.75, 3.05) is 6.26 Å². The zero-order chi connectivity index (χ0) is 20.5. The molecule has 2 aromatic rings. The molecule has 8 heteroatoms. The van der Waals surface area contributed by atoms with Crippen LogP contribution >= 0.6 is 0 Å². The molecular formula is C20H20F3NO3S. The molecule has 0 heterocycles. The van der Waals surface area contributed by atoms with Crippen LogP contribution in [0.2, 0.25) is 0 Å². The molecule has 0 unspecified atom stereocenters. The van der Waals surface area contributed by atoms with E-state index in [9.17, 15) is 26.4 Å². The molecule has 1 fully saturated rings. The Morgan fingerprint density at radius 1 is 1.00 bits per heavy atom. The molecule has 3 rings (SSSR count). The predicted molar refractivity (Wildman–Crippen MR) is 99.3 cm³/mol. The van der Waals surface area contributed by atoms with Crippen molar-refractivity contribution in [2.45, 2.75) is 37.4 Å². The average molecular weight is 411 g/mol. The van der Waals surface area contributed by atoms with Crippen LogP contribution in [-0.4, -0.2) is 31.5 Å². The summed E-state index contributed by atoms with van der Waals surface area (Å²) in [6.45, 7) is 0.229. The molecule has 0 radical (unpaired) electrons. The van der Waals surface area contributed by atoms with Crippen molar-refractivity contribution in [1.29, 1.82) is 0 Å². The highest BCUT2D eigenvalue weighted by Gasteiger charge is 2.34. The van der Waals surface area contributed by atoms with Gasteiger partial charge in [0.05, 0.1) is 11.3 Å². The summed E-state index contributed by atoms with van der Waals surface area (Å²) in [5.41, 5.74) is 0.930. The number of carbonyl (C=O) groups is 1. The molecular weight excluding hydrogens is 391 g/mol. The first-order valence-corrected chi connectivity index (χ1v) is 10.8. The van der Waals surface area contributed by atoms with Crippen molar-refractivity contribution in [2.24, 2.45) is 0 Å². The number of halogens is 3. The standard InChI is InChI=1S/C20H20F3NO3S/c1-28(26,27)13-15-2-6-16(7-3-15)19(25)24(18-10-11-18)12-14-4-8-17(9-5-14)20(21,22)23/h2-9,18H,10-13H2,1H3. The second-order valence-corrected chi connectivity index (χ2v) is 9.27. The topological polar surface area (TPSA) is 54.5 Å². The van der Waals surface area contributed by atoms with Gasteiger partial charge in [-0.05, 0) is 48.2 Å². The summed E-state index contributed by atoms with van der Waals surface area (Å²) in [4.78, 5) is 14.5. The van der Waals surface area contributed by atoms with E-state index < -0.39 is 21.6 Å². The molecule has 1 aliphatic rings. The molecule has 0 aliphatic heterocycles. The lowest BCUT2D eigenvalue weighted by atomic mass is 10.1. The Morgan fingerprint density at radius 2 is 1.54 bits per heavy atom. The zero-order valence-electron chi connectivity index (χ0n) is 15.2. The van der Waals surface area contributed by atoms with E-state index in [1.165, 1.54) is 12.1 Å². The van der Waals surface area contributed by atoms with Crippen LogP contribution in [0.1, 0.15) is 39.9 Å². The summed E-state index contributed by atoms with van der Waals surface area (Å²) in [5.74, 6) is -0.312. The molecule has 1 amide bonds. The molecule has 150 valence electrons. The van der Waals surface area contributed by atoms with Gasteiger partial charge >= 0.3 is 6.18 Å². The summed E-state index contributed by atoms with van der Waals surface area (Å²) in [6.07, 6.45) is -1.53. The molecule has 0 bridgehead atoms. The maximum atomic E-state index is 12.9. The van der Waals surface area contributed by atoms with Gasteiger partial charge in [0.2, 0.25) is 0 Å². The molecule has 0 N–H and O–H groups in total. The van der Waals surface area contributed by atoms with Crippen molar-refractivity contribution in [3.8, 4) is 0 Å². The van der Waals surface area contributed by atoms with E-state index in [1.807, 2.05) is 0 Å². The van der Waals surface area contributed by atoms with Crippen molar-refractivity contribution in [1.82, 2.24) is 4.90 Å². The summed E-state index contributed by atoms with van der Waals surface area (Å²) >= 11 is 0. The number of sulfone groups is 1. The lowest BCUT2D eigenvalue weighted by Gasteiger charge is -2.23. The van der Waals surface area contributed by atoms with Gasteiger partial charge in [-0.15, -0.1) is 0 Å². The predicted octanol–water partition coefficient (Wildman–Crippen LogP) is 4.05. The van der Waals surface area contributed by atoms with Crippen LogP contribution < -0.4 is 0 Å². The average Bonchev–Trinajstić information content (AvgIpc) is 3.43. The highest BCUT2D eigenvalue weighted by atomic mass is 32.2. The number of carbonyl (C=O) groups excluding carboxylic acids is 1. The van der Waals surface area contributed by atoms with E-state index in [2.05, 4.69) is 0 Å². The fraction of sp³-hybridized carbons (Fsp3) is 0.350. The minimum atomic E-state index is -4.39.